The van der Waals surface area contributed by atoms with E-state index in [9.17, 15) is 9.59 Å². The van der Waals surface area contributed by atoms with Crippen LogP contribution in [0.15, 0.2) is 41.8 Å². The van der Waals surface area contributed by atoms with Gasteiger partial charge in [0.1, 0.15) is 0 Å². The van der Waals surface area contributed by atoms with E-state index in [1.54, 1.807) is 23.4 Å². The van der Waals surface area contributed by atoms with Crippen LogP contribution in [0.2, 0.25) is 0 Å². The summed E-state index contributed by atoms with van der Waals surface area (Å²) in [5.41, 5.74) is 2.50. The van der Waals surface area contributed by atoms with Gasteiger partial charge in [0.25, 0.3) is 5.91 Å². The predicted molar refractivity (Wildman–Crippen MR) is 84.9 cm³/mol. The Morgan fingerprint density at radius 1 is 1.24 bits per heavy atom. The van der Waals surface area contributed by atoms with Crippen LogP contribution in [-0.4, -0.2) is 24.0 Å². The average molecular weight is 301 g/mol. The zero-order valence-electron chi connectivity index (χ0n) is 11.7. The number of hydrogen-bond acceptors (Lipinski definition) is 3. The zero-order valence-corrected chi connectivity index (χ0v) is 12.6. The Morgan fingerprint density at radius 3 is 2.52 bits per heavy atom. The van der Waals surface area contributed by atoms with Crippen LogP contribution in [0.4, 0.5) is 5.69 Å². The van der Waals surface area contributed by atoms with Gasteiger partial charge in [-0.15, -0.1) is 11.3 Å². The van der Waals surface area contributed by atoms with Crippen LogP contribution in [0.1, 0.15) is 20.8 Å². The molecule has 21 heavy (non-hydrogen) atoms. The van der Waals surface area contributed by atoms with Crippen LogP contribution in [0, 0.1) is 6.92 Å². The number of carboxylic acids is 1. The molecule has 5 heteroatoms. The highest BCUT2D eigenvalue weighted by molar-refractivity contribution is 7.11. The number of thiophene rings is 1. The zero-order chi connectivity index (χ0) is 15.4. The summed E-state index contributed by atoms with van der Waals surface area (Å²) >= 11 is 1.34. The number of benzene rings is 1. The summed E-state index contributed by atoms with van der Waals surface area (Å²) < 4.78 is 0. The third-order valence-electron chi connectivity index (χ3n) is 2.98. The van der Waals surface area contributed by atoms with Gasteiger partial charge in [0.2, 0.25) is 0 Å². The Balaban J connectivity index is 2.16. The van der Waals surface area contributed by atoms with E-state index >= 15 is 0 Å². The molecule has 0 saturated heterocycles. The van der Waals surface area contributed by atoms with Crippen molar-refractivity contribution in [2.24, 2.45) is 0 Å². The summed E-state index contributed by atoms with van der Waals surface area (Å²) in [6, 6.07) is 9.38. The maximum atomic E-state index is 12.4. The molecule has 0 aliphatic heterocycles. The quantitative estimate of drug-likeness (QED) is 0.880. The lowest BCUT2D eigenvalue weighted by molar-refractivity contribution is -0.131. The van der Waals surface area contributed by atoms with Crippen molar-refractivity contribution in [1.29, 1.82) is 0 Å². The molecule has 0 spiro atoms. The monoisotopic (exact) mass is 301 g/mol. The van der Waals surface area contributed by atoms with Gasteiger partial charge in [-0.25, -0.2) is 4.79 Å². The summed E-state index contributed by atoms with van der Waals surface area (Å²) in [6.45, 7) is 1.99. The number of anilines is 1. The smallest absolute Gasteiger partial charge is 0.328 e. The minimum atomic E-state index is -1.01. The van der Waals surface area contributed by atoms with E-state index in [1.165, 1.54) is 17.4 Å². The van der Waals surface area contributed by atoms with Crippen LogP contribution in [-0.2, 0) is 4.79 Å². The Kier molecular flexibility index (Phi) is 4.55. The van der Waals surface area contributed by atoms with Crippen LogP contribution < -0.4 is 4.90 Å². The third kappa shape index (κ3) is 3.79. The molecule has 1 amide bonds. The maximum Gasteiger partial charge on any atom is 0.328 e. The highest BCUT2D eigenvalue weighted by Gasteiger charge is 2.14. The number of amides is 1. The second-order valence-electron chi connectivity index (χ2n) is 4.61. The summed E-state index contributed by atoms with van der Waals surface area (Å²) in [6.07, 6.45) is 2.54. The van der Waals surface area contributed by atoms with E-state index in [2.05, 4.69) is 0 Å². The molecule has 1 aromatic heterocycles. The number of carbonyl (C=O) groups is 2. The number of carboxylic acid groups (broad SMARTS) is 1. The largest absolute Gasteiger partial charge is 0.478 e. The van der Waals surface area contributed by atoms with Gasteiger partial charge in [0, 0.05) is 29.1 Å². The minimum Gasteiger partial charge on any atom is -0.478 e. The predicted octanol–water partition coefficient (Wildman–Crippen LogP) is 3.43. The van der Waals surface area contributed by atoms with Crippen molar-refractivity contribution in [2.75, 3.05) is 11.9 Å². The summed E-state index contributed by atoms with van der Waals surface area (Å²) in [4.78, 5) is 25.2. The second-order valence-corrected chi connectivity index (χ2v) is 5.55. The average Bonchev–Trinajstić information content (AvgIpc) is 2.93. The highest BCUT2D eigenvalue weighted by Crippen LogP contribution is 2.21. The molecule has 0 atom stereocenters. The van der Waals surface area contributed by atoms with Crippen molar-refractivity contribution >= 4 is 35.0 Å². The Hall–Kier alpha value is -2.40. The molecule has 108 valence electrons. The Labute approximate surface area is 127 Å². The van der Waals surface area contributed by atoms with Gasteiger partial charge in [0.05, 0.1) is 5.56 Å². The van der Waals surface area contributed by atoms with Crippen molar-refractivity contribution in [3.8, 4) is 0 Å². The van der Waals surface area contributed by atoms with Gasteiger partial charge in [-0.3, -0.25) is 4.79 Å². The Bertz CT molecular complexity index is 686. The van der Waals surface area contributed by atoms with Crippen molar-refractivity contribution in [1.82, 2.24) is 0 Å². The van der Waals surface area contributed by atoms with Gasteiger partial charge in [-0.1, -0.05) is 17.7 Å². The molecular formula is C16H15NO3S. The molecule has 2 rings (SSSR count). The van der Waals surface area contributed by atoms with Gasteiger partial charge >= 0.3 is 5.97 Å². The number of aryl methyl sites for hydroxylation is 1. The number of rotatable bonds is 4. The summed E-state index contributed by atoms with van der Waals surface area (Å²) in [5.74, 6) is -1.13. The van der Waals surface area contributed by atoms with Gasteiger partial charge < -0.3 is 10.0 Å². The molecule has 1 heterocycles. The number of nitrogens with zero attached hydrogens (tertiary/aromatic N) is 1. The van der Waals surface area contributed by atoms with E-state index < -0.39 is 5.97 Å². The SMILES string of the molecule is Cc1ccc(N(C)C(=O)c2csc(C=CC(=O)O)c2)cc1. The van der Waals surface area contributed by atoms with Crippen LogP contribution in [0.3, 0.4) is 0 Å². The summed E-state index contributed by atoms with van der Waals surface area (Å²) in [7, 11) is 1.72. The van der Waals surface area contributed by atoms with E-state index in [-0.39, 0.29) is 5.91 Å². The normalized spacial score (nSPS) is 10.8. The van der Waals surface area contributed by atoms with Crippen LogP contribution in [0.25, 0.3) is 6.08 Å². The molecule has 0 unspecified atom stereocenters. The van der Waals surface area contributed by atoms with E-state index in [0.717, 1.165) is 22.2 Å². The standard InChI is InChI=1S/C16H15NO3S/c1-11-3-5-13(6-4-11)17(2)16(20)12-9-14(21-10-12)7-8-15(18)19/h3-10H,1-2H3,(H,18,19). The number of carbonyl (C=O) groups excluding carboxylic acids is 1. The molecule has 0 aliphatic carbocycles. The van der Waals surface area contributed by atoms with Crippen molar-refractivity contribution in [2.45, 2.75) is 6.92 Å². The molecule has 0 radical (unpaired) electrons. The van der Waals surface area contributed by atoms with E-state index in [4.69, 9.17) is 5.11 Å². The number of hydrogen-bond donors (Lipinski definition) is 1. The fourth-order valence-electron chi connectivity index (χ4n) is 1.79. The fourth-order valence-corrected chi connectivity index (χ4v) is 2.56. The van der Waals surface area contributed by atoms with Gasteiger partial charge in [0.15, 0.2) is 0 Å². The lowest BCUT2D eigenvalue weighted by Gasteiger charge is -2.16. The van der Waals surface area contributed by atoms with E-state index in [1.807, 2.05) is 31.2 Å². The first kappa shape index (κ1) is 15.0. The topological polar surface area (TPSA) is 57.6 Å². The molecule has 0 saturated carbocycles. The first-order chi connectivity index (χ1) is 9.97. The fraction of sp³-hybridized carbons (Fsp3) is 0.125. The first-order valence-corrected chi connectivity index (χ1v) is 7.19. The lowest BCUT2D eigenvalue weighted by atomic mass is 10.2. The van der Waals surface area contributed by atoms with Gasteiger partial charge in [-0.05, 0) is 31.2 Å². The molecular weight excluding hydrogens is 286 g/mol. The summed E-state index contributed by atoms with van der Waals surface area (Å²) in [5, 5.41) is 10.3. The van der Waals surface area contributed by atoms with Crippen LogP contribution in [0.5, 0.6) is 0 Å². The second kappa shape index (κ2) is 6.37. The molecule has 1 N–H and O–H groups in total. The van der Waals surface area contributed by atoms with Crippen molar-refractivity contribution in [3.63, 3.8) is 0 Å². The molecule has 0 bridgehead atoms. The molecule has 0 aliphatic rings. The highest BCUT2D eigenvalue weighted by atomic mass is 32.1. The van der Waals surface area contributed by atoms with Crippen molar-refractivity contribution in [3.05, 3.63) is 57.8 Å². The molecule has 4 nitrogen and oxygen atoms in total. The van der Waals surface area contributed by atoms with Gasteiger partial charge in [-0.2, -0.15) is 0 Å². The van der Waals surface area contributed by atoms with E-state index in [0.29, 0.717) is 5.56 Å². The minimum absolute atomic E-state index is 0.120. The Morgan fingerprint density at radius 2 is 1.90 bits per heavy atom. The molecule has 0 fully saturated rings. The molecule has 1 aromatic carbocycles. The van der Waals surface area contributed by atoms with Crippen LogP contribution >= 0.6 is 11.3 Å². The lowest BCUT2D eigenvalue weighted by Crippen LogP contribution is -2.25. The maximum absolute atomic E-state index is 12.4. The first-order valence-electron chi connectivity index (χ1n) is 6.31. The van der Waals surface area contributed by atoms with Crippen molar-refractivity contribution < 1.29 is 14.7 Å². The number of aliphatic carboxylic acids is 1. The molecule has 2 aromatic rings. The third-order valence-corrected chi connectivity index (χ3v) is 3.88.